The minimum Gasteiger partial charge on any atom is -0.481 e. The Morgan fingerprint density at radius 1 is 1.33 bits per heavy atom. The predicted octanol–water partition coefficient (Wildman–Crippen LogP) is 1.56. The van der Waals surface area contributed by atoms with Gasteiger partial charge >= 0.3 is 0 Å². The fraction of sp³-hybridized carbons (Fsp3) is 0.308. The van der Waals surface area contributed by atoms with Crippen LogP contribution in [0.5, 0.6) is 5.88 Å². The molecule has 2 heterocycles. The summed E-state index contributed by atoms with van der Waals surface area (Å²) in [5.74, 6) is 1.21. The summed E-state index contributed by atoms with van der Waals surface area (Å²) in [5.41, 5.74) is 6.42. The summed E-state index contributed by atoms with van der Waals surface area (Å²) in [7, 11) is -2.31. The van der Waals surface area contributed by atoms with Crippen molar-refractivity contribution in [3.8, 4) is 5.88 Å². The Morgan fingerprint density at radius 2 is 2.05 bits per heavy atom. The Labute approximate surface area is 123 Å². The number of nitrogens with one attached hydrogen (secondary N) is 1. The number of sulfonamides is 1. The molecule has 0 saturated carbocycles. The van der Waals surface area contributed by atoms with Crippen LogP contribution in [0.4, 0.5) is 5.69 Å². The number of nitrogens with two attached hydrogens (primary N) is 1. The summed E-state index contributed by atoms with van der Waals surface area (Å²) in [5, 5.41) is 0. The largest absolute Gasteiger partial charge is 0.481 e. The van der Waals surface area contributed by atoms with Gasteiger partial charge < -0.3 is 14.9 Å². The molecule has 0 atom stereocenters. The third-order valence-corrected chi connectivity index (χ3v) is 4.57. The van der Waals surface area contributed by atoms with Crippen molar-refractivity contribution in [2.45, 2.75) is 25.3 Å². The molecule has 7 nitrogen and oxygen atoms in total. The van der Waals surface area contributed by atoms with Gasteiger partial charge in [0.1, 0.15) is 16.4 Å². The highest BCUT2D eigenvalue weighted by Crippen LogP contribution is 2.28. The van der Waals surface area contributed by atoms with E-state index < -0.39 is 10.0 Å². The maximum absolute atomic E-state index is 12.5. The van der Waals surface area contributed by atoms with Gasteiger partial charge in [0.2, 0.25) is 5.88 Å². The van der Waals surface area contributed by atoms with Crippen molar-refractivity contribution in [2.24, 2.45) is 5.73 Å². The molecule has 21 heavy (non-hydrogen) atoms. The molecule has 0 aliphatic carbocycles. The molecule has 2 rings (SSSR count). The lowest BCUT2D eigenvalue weighted by Gasteiger charge is -2.09. The molecule has 8 heteroatoms. The zero-order chi connectivity index (χ0) is 15.6. The van der Waals surface area contributed by atoms with Gasteiger partial charge in [-0.3, -0.25) is 4.72 Å². The first-order valence-corrected chi connectivity index (χ1v) is 7.69. The second-order valence-electron chi connectivity index (χ2n) is 4.42. The fourth-order valence-electron chi connectivity index (χ4n) is 2.07. The molecule has 2 aromatic heterocycles. The van der Waals surface area contributed by atoms with Gasteiger partial charge in [0.25, 0.3) is 10.0 Å². The lowest BCUT2D eigenvalue weighted by Crippen LogP contribution is -2.16. The molecule has 0 fully saturated rings. The predicted molar refractivity (Wildman–Crippen MR) is 77.7 cm³/mol. The second-order valence-corrected chi connectivity index (χ2v) is 6.04. The molecule has 0 radical (unpaired) electrons. The molecule has 114 valence electrons. The molecule has 0 bridgehead atoms. The highest BCUT2D eigenvalue weighted by molar-refractivity contribution is 7.92. The zero-order valence-electron chi connectivity index (χ0n) is 12.0. The molecule has 0 spiro atoms. The Balaban J connectivity index is 2.38. The maximum Gasteiger partial charge on any atom is 0.265 e. The van der Waals surface area contributed by atoms with Crippen LogP contribution in [0.1, 0.15) is 17.1 Å². The third kappa shape index (κ3) is 3.01. The van der Waals surface area contributed by atoms with Gasteiger partial charge in [0.15, 0.2) is 0 Å². The van der Waals surface area contributed by atoms with Crippen LogP contribution in [0, 0.1) is 13.8 Å². The Kier molecular flexibility index (Phi) is 4.19. The molecule has 0 aliphatic heterocycles. The van der Waals surface area contributed by atoms with Crippen molar-refractivity contribution in [3.63, 3.8) is 0 Å². The SMILES string of the molecule is COc1ccc(NS(=O)(=O)c2c(C)oc(C)c2CN)cn1. The second kappa shape index (κ2) is 5.74. The van der Waals surface area contributed by atoms with Crippen LogP contribution in [0.15, 0.2) is 27.6 Å². The van der Waals surface area contributed by atoms with Crippen LogP contribution in [0.25, 0.3) is 0 Å². The first-order valence-electron chi connectivity index (χ1n) is 6.21. The van der Waals surface area contributed by atoms with E-state index >= 15 is 0 Å². The van der Waals surface area contributed by atoms with Gasteiger partial charge in [0.05, 0.1) is 19.0 Å². The average Bonchev–Trinajstić information content (AvgIpc) is 2.73. The van der Waals surface area contributed by atoms with Crippen LogP contribution in [-0.2, 0) is 16.6 Å². The first kappa shape index (κ1) is 15.3. The van der Waals surface area contributed by atoms with Crippen molar-refractivity contribution < 1.29 is 17.6 Å². The van der Waals surface area contributed by atoms with E-state index in [0.717, 1.165) is 0 Å². The standard InChI is InChI=1S/C13H17N3O4S/c1-8-11(6-14)13(9(2)20-8)21(17,18)16-10-4-5-12(19-3)15-7-10/h4-5,7,16H,6,14H2,1-3H3. The first-order chi connectivity index (χ1) is 9.89. The number of furan rings is 1. The lowest BCUT2D eigenvalue weighted by molar-refractivity contribution is 0.398. The van der Waals surface area contributed by atoms with Crippen LogP contribution < -0.4 is 15.2 Å². The van der Waals surface area contributed by atoms with Crippen LogP contribution in [-0.4, -0.2) is 20.5 Å². The Bertz CT molecular complexity index is 736. The summed E-state index contributed by atoms with van der Waals surface area (Å²) in [6.07, 6.45) is 1.38. The number of aromatic nitrogens is 1. The number of aryl methyl sites for hydroxylation is 2. The third-order valence-electron chi connectivity index (χ3n) is 3.00. The molecule has 2 aromatic rings. The van der Waals surface area contributed by atoms with E-state index in [4.69, 9.17) is 14.9 Å². The van der Waals surface area contributed by atoms with E-state index in [0.29, 0.717) is 28.7 Å². The van der Waals surface area contributed by atoms with E-state index in [9.17, 15) is 8.42 Å². The van der Waals surface area contributed by atoms with E-state index in [-0.39, 0.29) is 11.4 Å². The molecule has 0 unspecified atom stereocenters. The van der Waals surface area contributed by atoms with Crippen molar-refractivity contribution >= 4 is 15.7 Å². The highest BCUT2D eigenvalue weighted by atomic mass is 32.2. The molecular weight excluding hydrogens is 294 g/mol. The minimum atomic E-state index is -3.79. The number of pyridine rings is 1. The average molecular weight is 311 g/mol. The Morgan fingerprint density at radius 3 is 2.57 bits per heavy atom. The normalized spacial score (nSPS) is 11.4. The van der Waals surface area contributed by atoms with Gasteiger partial charge in [0, 0.05) is 18.2 Å². The molecule has 0 saturated heterocycles. The van der Waals surface area contributed by atoms with Crippen LogP contribution in [0.3, 0.4) is 0 Å². The molecule has 0 aliphatic rings. The van der Waals surface area contributed by atoms with Crippen LogP contribution in [0.2, 0.25) is 0 Å². The monoisotopic (exact) mass is 311 g/mol. The van der Waals surface area contributed by atoms with E-state index in [1.165, 1.54) is 13.3 Å². The number of nitrogens with zero attached hydrogens (tertiary/aromatic N) is 1. The number of methoxy groups -OCH3 is 1. The van der Waals surface area contributed by atoms with Gasteiger partial charge in [-0.15, -0.1) is 0 Å². The summed E-state index contributed by atoms with van der Waals surface area (Å²) in [4.78, 5) is 4.03. The van der Waals surface area contributed by atoms with Gasteiger partial charge in [-0.1, -0.05) is 0 Å². The molecule has 0 amide bonds. The molecular formula is C13H17N3O4S. The van der Waals surface area contributed by atoms with Crippen molar-refractivity contribution in [2.75, 3.05) is 11.8 Å². The summed E-state index contributed by atoms with van der Waals surface area (Å²) in [6.45, 7) is 3.36. The highest BCUT2D eigenvalue weighted by Gasteiger charge is 2.26. The van der Waals surface area contributed by atoms with Crippen molar-refractivity contribution in [1.82, 2.24) is 4.98 Å². The number of ether oxygens (including phenoxy) is 1. The number of hydrogen-bond acceptors (Lipinski definition) is 6. The smallest absolute Gasteiger partial charge is 0.265 e. The quantitative estimate of drug-likeness (QED) is 0.867. The summed E-state index contributed by atoms with van der Waals surface area (Å²) < 4.78 is 37.7. The topological polar surface area (TPSA) is 107 Å². The lowest BCUT2D eigenvalue weighted by atomic mass is 10.2. The van der Waals surface area contributed by atoms with Gasteiger partial charge in [-0.25, -0.2) is 13.4 Å². The Hall–Kier alpha value is -2.06. The number of hydrogen-bond donors (Lipinski definition) is 2. The summed E-state index contributed by atoms with van der Waals surface area (Å²) in [6, 6.07) is 3.13. The van der Waals surface area contributed by atoms with Gasteiger partial charge in [-0.05, 0) is 19.9 Å². The van der Waals surface area contributed by atoms with E-state index in [1.807, 2.05) is 0 Å². The number of rotatable bonds is 5. The number of anilines is 1. The van der Waals surface area contributed by atoms with E-state index in [2.05, 4.69) is 9.71 Å². The van der Waals surface area contributed by atoms with Crippen LogP contribution >= 0.6 is 0 Å². The minimum absolute atomic E-state index is 0.0818. The van der Waals surface area contributed by atoms with Crippen molar-refractivity contribution in [3.05, 3.63) is 35.4 Å². The molecule has 0 aromatic carbocycles. The van der Waals surface area contributed by atoms with Crippen molar-refractivity contribution in [1.29, 1.82) is 0 Å². The summed E-state index contributed by atoms with van der Waals surface area (Å²) >= 11 is 0. The van der Waals surface area contributed by atoms with Gasteiger partial charge in [-0.2, -0.15) is 0 Å². The zero-order valence-corrected chi connectivity index (χ0v) is 12.8. The van der Waals surface area contributed by atoms with E-state index in [1.54, 1.807) is 26.0 Å². The maximum atomic E-state index is 12.5. The fourth-order valence-corrected chi connectivity index (χ4v) is 3.57. The molecule has 3 N–H and O–H groups in total.